The van der Waals surface area contributed by atoms with Crippen LogP contribution in [0.3, 0.4) is 0 Å². The first kappa shape index (κ1) is 33.2. The lowest BCUT2D eigenvalue weighted by molar-refractivity contribution is -0.148. The Bertz CT molecular complexity index is 929. The van der Waals surface area contributed by atoms with Gasteiger partial charge in [-0.25, -0.2) is 0 Å². The summed E-state index contributed by atoms with van der Waals surface area (Å²) in [6.07, 6.45) is 9.94. The van der Waals surface area contributed by atoms with Gasteiger partial charge in [0.2, 0.25) is 0 Å². The molecule has 0 amide bonds. The van der Waals surface area contributed by atoms with E-state index in [1.165, 1.54) is 0 Å². The van der Waals surface area contributed by atoms with Gasteiger partial charge in [-0.3, -0.25) is 9.59 Å². The number of carboxylic acids is 2. The molecule has 8 nitrogen and oxygen atoms in total. The minimum Gasteiger partial charge on any atom is -0.481 e. The highest BCUT2D eigenvalue weighted by Gasteiger charge is 2.31. The summed E-state index contributed by atoms with van der Waals surface area (Å²) in [6.45, 7) is 6.84. The second-order valence-corrected chi connectivity index (χ2v) is 12.8. The molecule has 0 heterocycles. The predicted molar refractivity (Wildman–Crippen MR) is 150 cm³/mol. The maximum absolute atomic E-state index is 11.3. The van der Waals surface area contributed by atoms with Gasteiger partial charge in [-0.1, -0.05) is 31.1 Å². The van der Waals surface area contributed by atoms with Crippen LogP contribution in [0.1, 0.15) is 105 Å². The van der Waals surface area contributed by atoms with E-state index < -0.39 is 47.2 Å². The quantitative estimate of drug-likeness (QED) is 0.119. The average molecular weight is 551 g/mol. The van der Waals surface area contributed by atoms with Crippen LogP contribution in [0.2, 0.25) is 0 Å². The van der Waals surface area contributed by atoms with Crippen molar-refractivity contribution in [2.75, 3.05) is 0 Å². The summed E-state index contributed by atoms with van der Waals surface area (Å²) in [6, 6.07) is 0. The molecule has 5 atom stereocenters. The number of carbonyl (C=O) groups is 2. The SMILES string of the molecule is CC(C)(CCCCC1=CC(O)C=C(CCCC2CC(O)C=C(CCCCC(C)(C)C(=O)O)C2O)C1O)C(=O)O. The van der Waals surface area contributed by atoms with E-state index in [0.717, 1.165) is 36.0 Å². The number of hydrogen-bond acceptors (Lipinski definition) is 6. The van der Waals surface area contributed by atoms with Crippen LogP contribution in [0.4, 0.5) is 0 Å². The van der Waals surface area contributed by atoms with Gasteiger partial charge < -0.3 is 30.6 Å². The van der Waals surface area contributed by atoms with Crippen LogP contribution in [0, 0.1) is 16.7 Å². The van der Waals surface area contributed by atoms with Crippen LogP contribution in [0.25, 0.3) is 0 Å². The largest absolute Gasteiger partial charge is 0.481 e. The van der Waals surface area contributed by atoms with Crippen molar-refractivity contribution in [1.29, 1.82) is 0 Å². The lowest BCUT2D eigenvalue weighted by atomic mass is 9.78. The van der Waals surface area contributed by atoms with E-state index in [4.69, 9.17) is 0 Å². The van der Waals surface area contributed by atoms with Crippen LogP contribution in [-0.4, -0.2) is 67.0 Å². The number of rotatable bonds is 16. The number of carboxylic acid groups (broad SMARTS) is 2. The molecule has 0 radical (unpaired) electrons. The monoisotopic (exact) mass is 550 g/mol. The summed E-state index contributed by atoms with van der Waals surface area (Å²) in [5.74, 6) is -1.74. The molecule has 6 N–H and O–H groups in total. The van der Waals surface area contributed by atoms with Gasteiger partial charge in [-0.15, -0.1) is 0 Å². The Morgan fingerprint density at radius 3 is 1.67 bits per heavy atom. The van der Waals surface area contributed by atoms with Crippen LogP contribution in [-0.2, 0) is 9.59 Å². The highest BCUT2D eigenvalue weighted by atomic mass is 16.4. The molecular weight excluding hydrogens is 500 g/mol. The molecule has 0 aromatic rings. The smallest absolute Gasteiger partial charge is 0.309 e. The lowest BCUT2D eigenvalue weighted by Gasteiger charge is -2.32. The van der Waals surface area contributed by atoms with Crippen LogP contribution in [0.5, 0.6) is 0 Å². The van der Waals surface area contributed by atoms with Crippen LogP contribution >= 0.6 is 0 Å². The normalized spacial score (nSPS) is 26.1. The predicted octanol–water partition coefficient (Wildman–Crippen LogP) is 4.76. The maximum atomic E-state index is 11.3. The summed E-state index contributed by atoms with van der Waals surface area (Å²) in [5.41, 5.74) is 0.773. The first-order valence-electron chi connectivity index (χ1n) is 14.4. The number of unbranched alkanes of at least 4 members (excludes halogenated alkanes) is 2. The zero-order chi connectivity index (χ0) is 29.4. The maximum Gasteiger partial charge on any atom is 0.309 e. The first-order valence-corrected chi connectivity index (χ1v) is 14.4. The van der Waals surface area contributed by atoms with Crippen molar-refractivity contribution in [1.82, 2.24) is 0 Å². The Morgan fingerprint density at radius 2 is 1.18 bits per heavy atom. The van der Waals surface area contributed by atoms with Crippen molar-refractivity contribution >= 4 is 11.9 Å². The molecule has 0 saturated carbocycles. The Kier molecular flexibility index (Phi) is 12.4. The zero-order valence-corrected chi connectivity index (χ0v) is 24.1. The highest BCUT2D eigenvalue weighted by molar-refractivity contribution is 5.73. The van der Waals surface area contributed by atoms with Crippen molar-refractivity contribution < 1.29 is 40.2 Å². The lowest BCUT2D eigenvalue weighted by Crippen LogP contribution is -2.32. The van der Waals surface area contributed by atoms with Crippen LogP contribution in [0.15, 0.2) is 34.9 Å². The van der Waals surface area contributed by atoms with Crippen molar-refractivity contribution in [3.8, 4) is 0 Å². The molecule has 2 aliphatic rings. The van der Waals surface area contributed by atoms with Gasteiger partial charge in [0.05, 0.1) is 35.2 Å². The molecule has 2 aliphatic carbocycles. The third kappa shape index (κ3) is 10.2. The van der Waals surface area contributed by atoms with Crippen LogP contribution < -0.4 is 0 Å². The average Bonchev–Trinajstić information content (AvgIpc) is 2.84. The van der Waals surface area contributed by atoms with E-state index in [2.05, 4.69) is 0 Å². The molecule has 0 aliphatic heterocycles. The minimum absolute atomic E-state index is 0.102. The van der Waals surface area contributed by atoms with Crippen molar-refractivity contribution in [2.45, 2.75) is 129 Å². The van der Waals surface area contributed by atoms with Gasteiger partial charge in [0.1, 0.15) is 0 Å². The molecule has 8 heteroatoms. The number of hydrogen-bond donors (Lipinski definition) is 6. The number of aliphatic hydroxyl groups excluding tert-OH is 4. The second-order valence-electron chi connectivity index (χ2n) is 12.8. The molecular formula is C31H50O8. The van der Waals surface area contributed by atoms with E-state index in [0.29, 0.717) is 57.8 Å². The minimum atomic E-state index is -0.821. The molecule has 0 saturated heterocycles. The van der Waals surface area contributed by atoms with E-state index in [1.54, 1.807) is 45.9 Å². The molecule has 0 spiro atoms. The Hall–Kier alpha value is -2.00. The van der Waals surface area contributed by atoms with Crippen molar-refractivity contribution in [3.05, 3.63) is 34.9 Å². The molecule has 0 fully saturated rings. The molecule has 0 bridgehead atoms. The summed E-state index contributed by atoms with van der Waals surface area (Å²) in [4.78, 5) is 22.6. The summed E-state index contributed by atoms with van der Waals surface area (Å²) >= 11 is 0. The second kappa shape index (κ2) is 14.6. The Morgan fingerprint density at radius 1 is 0.718 bits per heavy atom. The standard InChI is InChI=1S/C31H50O8/c1-30(2,28(36)37)14-7-5-10-20-16-24(32)18-22(26(20)34)12-9-13-23-19-25(33)17-21(27(23)35)11-6-8-15-31(3,4)29(38)39/h16-18,23-27,32-35H,5-15,19H2,1-4H3,(H,36,37)(H,38,39). The van der Waals surface area contributed by atoms with Crippen molar-refractivity contribution in [2.24, 2.45) is 16.7 Å². The third-order valence-electron chi connectivity index (χ3n) is 8.48. The summed E-state index contributed by atoms with van der Waals surface area (Å²) < 4.78 is 0. The molecule has 2 rings (SSSR count). The highest BCUT2D eigenvalue weighted by Crippen LogP contribution is 2.35. The van der Waals surface area contributed by atoms with E-state index in [1.807, 2.05) is 0 Å². The van der Waals surface area contributed by atoms with Crippen molar-refractivity contribution in [3.63, 3.8) is 0 Å². The molecule has 39 heavy (non-hydrogen) atoms. The van der Waals surface area contributed by atoms with Gasteiger partial charge >= 0.3 is 11.9 Å². The van der Waals surface area contributed by atoms with E-state index >= 15 is 0 Å². The Labute approximate surface area is 233 Å². The fraction of sp³-hybridized carbons (Fsp3) is 0.742. The van der Waals surface area contributed by atoms with Gasteiger partial charge in [-0.05, 0) is 115 Å². The fourth-order valence-corrected chi connectivity index (χ4v) is 5.58. The molecule has 0 aromatic heterocycles. The topological polar surface area (TPSA) is 156 Å². The summed E-state index contributed by atoms with van der Waals surface area (Å²) in [7, 11) is 0. The Balaban J connectivity index is 1.81. The van der Waals surface area contributed by atoms with Gasteiger partial charge in [0.25, 0.3) is 0 Å². The van der Waals surface area contributed by atoms with E-state index in [9.17, 15) is 40.2 Å². The summed E-state index contributed by atoms with van der Waals surface area (Å²) in [5, 5.41) is 61.1. The number of aliphatic carboxylic acids is 2. The zero-order valence-electron chi connectivity index (χ0n) is 24.1. The first-order chi connectivity index (χ1) is 18.1. The third-order valence-corrected chi connectivity index (χ3v) is 8.48. The number of aliphatic hydroxyl groups is 4. The molecule has 222 valence electrons. The molecule has 0 aromatic carbocycles. The fourth-order valence-electron chi connectivity index (χ4n) is 5.58. The van der Waals surface area contributed by atoms with Gasteiger partial charge in [-0.2, -0.15) is 0 Å². The molecule has 5 unspecified atom stereocenters. The van der Waals surface area contributed by atoms with Gasteiger partial charge in [0, 0.05) is 0 Å². The van der Waals surface area contributed by atoms with E-state index in [-0.39, 0.29) is 5.92 Å². The van der Waals surface area contributed by atoms with Gasteiger partial charge in [0.15, 0.2) is 0 Å².